The molecule has 38 heavy (non-hydrogen) atoms. The number of nitrogens with zero attached hydrogens (tertiary/aromatic N) is 1. The molecule has 0 saturated carbocycles. The molecule has 0 aromatic heterocycles. The molecule has 2 atom stereocenters. The van der Waals surface area contributed by atoms with Crippen LogP contribution in [-0.2, 0) is 4.79 Å². The van der Waals surface area contributed by atoms with Crippen LogP contribution in [0.1, 0.15) is 68.0 Å². The molecule has 0 heterocycles. The molecule has 3 N–H and O–H groups in total. The van der Waals surface area contributed by atoms with Crippen LogP contribution >= 0.6 is 0 Å². The second-order valence-electron chi connectivity index (χ2n) is 9.24. The molecule has 0 spiro atoms. The topological polar surface area (TPSA) is 130 Å². The molecular formula is C29H39N3O6. The number of methoxy groups -OCH3 is 2. The summed E-state index contributed by atoms with van der Waals surface area (Å²) in [6, 6.07) is 14.2. The third-order valence-corrected chi connectivity index (χ3v) is 5.96. The number of benzene rings is 2. The summed E-state index contributed by atoms with van der Waals surface area (Å²) in [7, 11) is 3.04. The van der Waals surface area contributed by atoms with Crippen molar-refractivity contribution in [3.05, 3.63) is 53.6 Å². The van der Waals surface area contributed by atoms with Crippen LogP contribution in [0.3, 0.4) is 0 Å². The Balaban J connectivity index is 1.70. The Morgan fingerprint density at radius 3 is 2.32 bits per heavy atom. The number of nitriles is 1. The van der Waals surface area contributed by atoms with Gasteiger partial charge in [-0.25, -0.2) is 0 Å². The smallest absolute Gasteiger partial charge is 0.251 e. The first-order valence-corrected chi connectivity index (χ1v) is 12.9. The summed E-state index contributed by atoms with van der Waals surface area (Å²) in [5.41, 5.74) is 1.15. The van der Waals surface area contributed by atoms with Gasteiger partial charge >= 0.3 is 0 Å². The molecule has 0 aliphatic carbocycles. The van der Waals surface area contributed by atoms with Crippen molar-refractivity contribution >= 4 is 11.8 Å². The van der Waals surface area contributed by atoms with Crippen LogP contribution in [0.5, 0.6) is 17.2 Å². The summed E-state index contributed by atoms with van der Waals surface area (Å²) in [6.45, 7) is 4.59. The Bertz CT molecular complexity index is 1060. The monoisotopic (exact) mass is 525 g/mol. The Hall–Kier alpha value is -3.77. The second-order valence-corrected chi connectivity index (χ2v) is 9.24. The van der Waals surface area contributed by atoms with Crippen LogP contribution in [0.2, 0.25) is 0 Å². The average Bonchev–Trinajstić information content (AvgIpc) is 2.92. The van der Waals surface area contributed by atoms with Crippen LogP contribution in [0.4, 0.5) is 0 Å². The summed E-state index contributed by atoms with van der Waals surface area (Å²) >= 11 is 0. The van der Waals surface area contributed by atoms with E-state index in [0.717, 1.165) is 18.6 Å². The molecule has 2 aromatic carbocycles. The summed E-state index contributed by atoms with van der Waals surface area (Å²) in [5, 5.41) is 25.7. The number of unbranched alkanes of at least 4 members (excludes halogenated alkanes) is 2. The number of carbonyl (C=O) groups is 2. The van der Waals surface area contributed by atoms with Gasteiger partial charge in [0.25, 0.3) is 5.91 Å². The van der Waals surface area contributed by atoms with E-state index in [-0.39, 0.29) is 30.9 Å². The lowest BCUT2D eigenvalue weighted by Gasteiger charge is -2.22. The Kier molecular flexibility index (Phi) is 12.9. The highest BCUT2D eigenvalue weighted by Gasteiger charge is 2.23. The number of aliphatic hydroxyl groups is 1. The van der Waals surface area contributed by atoms with Crippen molar-refractivity contribution in [3.8, 4) is 23.3 Å². The zero-order chi connectivity index (χ0) is 27.9. The highest BCUT2D eigenvalue weighted by molar-refractivity contribution is 5.94. The number of aliphatic hydroxyl groups excluding tert-OH is 1. The fourth-order valence-electron chi connectivity index (χ4n) is 3.90. The van der Waals surface area contributed by atoms with Crippen LogP contribution in [-0.4, -0.2) is 50.3 Å². The molecule has 2 amide bonds. The first-order chi connectivity index (χ1) is 18.3. The fourth-order valence-corrected chi connectivity index (χ4v) is 3.90. The summed E-state index contributed by atoms with van der Waals surface area (Å²) < 4.78 is 16.1. The van der Waals surface area contributed by atoms with Crippen molar-refractivity contribution in [2.45, 2.75) is 58.2 Å². The minimum absolute atomic E-state index is 0.0753. The van der Waals surface area contributed by atoms with Crippen molar-refractivity contribution < 1.29 is 28.9 Å². The quantitative estimate of drug-likeness (QED) is 0.281. The van der Waals surface area contributed by atoms with Crippen LogP contribution in [0.25, 0.3) is 0 Å². The molecule has 9 heteroatoms. The predicted octanol–water partition coefficient (Wildman–Crippen LogP) is 4.16. The maximum atomic E-state index is 12.3. The number of amides is 2. The third-order valence-electron chi connectivity index (χ3n) is 5.96. The number of ether oxygens (including phenoxy) is 3. The van der Waals surface area contributed by atoms with Gasteiger partial charge in [0.1, 0.15) is 5.75 Å². The minimum atomic E-state index is -0.947. The maximum Gasteiger partial charge on any atom is 0.251 e. The van der Waals surface area contributed by atoms with E-state index in [4.69, 9.17) is 14.2 Å². The second kappa shape index (κ2) is 16.2. The minimum Gasteiger partial charge on any atom is -0.493 e. The highest BCUT2D eigenvalue weighted by atomic mass is 16.5. The van der Waals surface area contributed by atoms with Gasteiger partial charge in [-0.1, -0.05) is 12.5 Å². The zero-order valence-corrected chi connectivity index (χ0v) is 22.7. The fraction of sp³-hybridized carbons (Fsp3) is 0.483. The van der Waals surface area contributed by atoms with Crippen LogP contribution in [0, 0.1) is 17.2 Å². The number of hydrogen-bond acceptors (Lipinski definition) is 7. The maximum absolute atomic E-state index is 12.3. The lowest BCUT2D eigenvalue weighted by Crippen LogP contribution is -2.32. The standard InChI is InChI=1S/C29H39N3O6/c1-20(2)38-24-12-9-21(10-13-24)29(35)31-17-7-5-6-8-27(33)32-19-23(15-16-30)28(34)22-11-14-25(36-3)26(18-22)37-4/h9-14,18,20,23,28,34H,5-8,15,17,19H2,1-4H3,(H,31,35)(H,32,33)/t23?,28-/m1/s1. The van der Waals surface area contributed by atoms with Gasteiger partial charge in [-0.05, 0) is 68.7 Å². The van der Waals surface area contributed by atoms with Gasteiger partial charge in [-0.2, -0.15) is 5.26 Å². The van der Waals surface area contributed by atoms with Crippen LogP contribution < -0.4 is 24.8 Å². The lowest BCUT2D eigenvalue weighted by atomic mass is 9.93. The molecule has 0 saturated heterocycles. The lowest BCUT2D eigenvalue weighted by molar-refractivity contribution is -0.121. The predicted molar refractivity (Wildman–Crippen MR) is 144 cm³/mol. The number of hydrogen-bond donors (Lipinski definition) is 3. The van der Waals surface area contributed by atoms with Gasteiger partial charge < -0.3 is 30.0 Å². The largest absolute Gasteiger partial charge is 0.493 e. The zero-order valence-electron chi connectivity index (χ0n) is 22.7. The summed E-state index contributed by atoms with van der Waals surface area (Å²) in [6.07, 6.45) is 1.75. The normalized spacial score (nSPS) is 12.2. The molecule has 2 rings (SSSR count). The summed E-state index contributed by atoms with van der Waals surface area (Å²) in [5.74, 6) is 0.997. The molecule has 0 bridgehead atoms. The molecule has 9 nitrogen and oxygen atoms in total. The van der Waals surface area contributed by atoms with Crippen molar-refractivity contribution in [1.82, 2.24) is 10.6 Å². The van der Waals surface area contributed by atoms with Crippen molar-refractivity contribution in [3.63, 3.8) is 0 Å². The average molecular weight is 526 g/mol. The summed E-state index contributed by atoms with van der Waals surface area (Å²) in [4.78, 5) is 24.6. The molecule has 0 fully saturated rings. The molecule has 0 radical (unpaired) electrons. The number of nitrogens with one attached hydrogen (secondary N) is 2. The van der Waals surface area contributed by atoms with E-state index in [1.807, 2.05) is 13.8 Å². The Morgan fingerprint density at radius 2 is 1.68 bits per heavy atom. The first kappa shape index (κ1) is 30.5. The third kappa shape index (κ3) is 9.94. The molecule has 206 valence electrons. The van der Waals surface area contributed by atoms with Gasteiger partial charge in [-0.15, -0.1) is 0 Å². The highest BCUT2D eigenvalue weighted by Crippen LogP contribution is 2.33. The molecule has 0 aliphatic rings. The van der Waals surface area contributed by atoms with Gasteiger partial charge in [0.05, 0.1) is 32.5 Å². The SMILES string of the molecule is COc1ccc([C@@H](O)C(CC#N)CNC(=O)CCCCCNC(=O)c2ccc(OC(C)C)cc2)cc1OC. The van der Waals surface area contributed by atoms with E-state index in [2.05, 4.69) is 16.7 Å². The van der Waals surface area contributed by atoms with Gasteiger partial charge in [0.2, 0.25) is 5.91 Å². The Morgan fingerprint density at radius 1 is 0.974 bits per heavy atom. The van der Waals surface area contributed by atoms with E-state index >= 15 is 0 Å². The van der Waals surface area contributed by atoms with E-state index in [1.165, 1.54) is 14.2 Å². The molecule has 2 aromatic rings. The van der Waals surface area contributed by atoms with Crippen molar-refractivity contribution in [2.75, 3.05) is 27.3 Å². The van der Waals surface area contributed by atoms with Gasteiger partial charge in [0.15, 0.2) is 11.5 Å². The van der Waals surface area contributed by atoms with E-state index in [9.17, 15) is 20.0 Å². The van der Waals surface area contributed by atoms with E-state index in [1.54, 1.807) is 42.5 Å². The number of carbonyl (C=O) groups excluding carboxylic acids is 2. The van der Waals surface area contributed by atoms with Gasteiger partial charge in [-0.3, -0.25) is 9.59 Å². The van der Waals surface area contributed by atoms with Crippen LogP contribution in [0.15, 0.2) is 42.5 Å². The molecule has 0 aliphatic heterocycles. The Labute approximate surface area is 225 Å². The van der Waals surface area contributed by atoms with Crippen molar-refractivity contribution in [2.24, 2.45) is 5.92 Å². The number of rotatable bonds is 16. The van der Waals surface area contributed by atoms with Gasteiger partial charge in [0, 0.05) is 37.4 Å². The first-order valence-electron chi connectivity index (χ1n) is 12.9. The van der Waals surface area contributed by atoms with E-state index in [0.29, 0.717) is 42.0 Å². The van der Waals surface area contributed by atoms with Crippen molar-refractivity contribution in [1.29, 1.82) is 5.26 Å². The molecular weight excluding hydrogens is 486 g/mol. The van der Waals surface area contributed by atoms with E-state index < -0.39 is 12.0 Å². The molecule has 1 unspecified atom stereocenters.